The van der Waals surface area contributed by atoms with Crippen LogP contribution in [0.3, 0.4) is 0 Å². The molecule has 1 saturated heterocycles. The van der Waals surface area contributed by atoms with Crippen molar-refractivity contribution in [2.45, 2.75) is 25.8 Å². The molecule has 4 heteroatoms. The van der Waals surface area contributed by atoms with E-state index in [-0.39, 0.29) is 11.4 Å². The summed E-state index contributed by atoms with van der Waals surface area (Å²) in [6.07, 6.45) is 0.815. The fraction of sp³-hybridized carbons (Fsp3) is 0.562. The van der Waals surface area contributed by atoms with E-state index < -0.39 is 0 Å². The van der Waals surface area contributed by atoms with Crippen LogP contribution in [0, 0.1) is 0 Å². The number of carbonyl (C=O) groups is 1. The molecule has 0 radical (unpaired) electrons. The summed E-state index contributed by atoms with van der Waals surface area (Å²) in [6, 6.07) is 7.84. The van der Waals surface area contributed by atoms with Gasteiger partial charge in [0.05, 0.1) is 0 Å². The average Bonchev–Trinajstić information content (AvgIpc) is 2.42. The van der Waals surface area contributed by atoms with Crippen LogP contribution in [0.1, 0.15) is 29.8 Å². The van der Waals surface area contributed by atoms with Crippen molar-refractivity contribution < 1.29 is 4.79 Å². The molecule has 1 heterocycles. The SMILES string of the molecule is CN1CCN(C(=O)c2cccc(CCN)c2)CC1(C)C. The molecule has 0 spiro atoms. The Morgan fingerprint density at radius 3 is 2.75 bits per heavy atom. The molecule has 0 aromatic heterocycles. The van der Waals surface area contributed by atoms with Crippen LogP contribution in [0.4, 0.5) is 0 Å². The van der Waals surface area contributed by atoms with Gasteiger partial charge in [-0.25, -0.2) is 0 Å². The van der Waals surface area contributed by atoms with Crippen molar-refractivity contribution in [2.24, 2.45) is 5.73 Å². The summed E-state index contributed by atoms with van der Waals surface area (Å²) < 4.78 is 0. The maximum Gasteiger partial charge on any atom is 0.253 e. The van der Waals surface area contributed by atoms with Gasteiger partial charge in [-0.15, -0.1) is 0 Å². The standard InChI is InChI=1S/C16H25N3O/c1-16(2)12-19(10-9-18(16)3)15(20)14-6-4-5-13(11-14)7-8-17/h4-6,11H,7-10,12,17H2,1-3H3. The highest BCUT2D eigenvalue weighted by Gasteiger charge is 2.33. The van der Waals surface area contributed by atoms with Crippen molar-refractivity contribution in [1.29, 1.82) is 0 Å². The average molecular weight is 275 g/mol. The van der Waals surface area contributed by atoms with Gasteiger partial charge in [0.1, 0.15) is 0 Å². The maximum absolute atomic E-state index is 12.6. The molecular weight excluding hydrogens is 250 g/mol. The van der Waals surface area contributed by atoms with Crippen molar-refractivity contribution in [1.82, 2.24) is 9.80 Å². The Hall–Kier alpha value is -1.39. The fourth-order valence-corrected chi connectivity index (χ4v) is 2.62. The molecule has 1 aliphatic rings. The van der Waals surface area contributed by atoms with Crippen LogP contribution >= 0.6 is 0 Å². The van der Waals surface area contributed by atoms with Crippen LogP contribution in [0.25, 0.3) is 0 Å². The lowest BCUT2D eigenvalue weighted by Gasteiger charge is -2.45. The van der Waals surface area contributed by atoms with Crippen molar-refractivity contribution in [3.63, 3.8) is 0 Å². The summed E-state index contributed by atoms with van der Waals surface area (Å²) in [5.41, 5.74) is 7.52. The molecule has 0 unspecified atom stereocenters. The second-order valence-electron chi connectivity index (χ2n) is 6.20. The second kappa shape index (κ2) is 5.94. The lowest BCUT2D eigenvalue weighted by molar-refractivity contribution is 0.0311. The van der Waals surface area contributed by atoms with E-state index in [4.69, 9.17) is 5.73 Å². The largest absolute Gasteiger partial charge is 0.336 e. The number of nitrogens with two attached hydrogens (primary N) is 1. The first-order valence-corrected chi connectivity index (χ1v) is 7.23. The van der Waals surface area contributed by atoms with Crippen LogP contribution < -0.4 is 5.73 Å². The molecule has 110 valence electrons. The van der Waals surface area contributed by atoms with Gasteiger partial charge in [0.2, 0.25) is 0 Å². The third-order valence-corrected chi connectivity index (χ3v) is 4.21. The number of benzene rings is 1. The molecule has 4 nitrogen and oxygen atoms in total. The number of nitrogens with zero attached hydrogens (tertiary/aromatic N) is 2. The minimum Gasteiger partial charge on any atom is -0.336 e. The van der Waals surface area contributed by atoms with Gasteiger partial charge < -0.3 is 10.6 Å². The maximum atomic E-state index is 12.6. The zero-order valence-electron chi connectivity index (χ0n) is 12.7. The molecule has 1 aromatic carbocycles. The predicted molar refractivity (Wildman–Crippen MR) is 81.8 cm³/mol. The third kappa shape index (κ3) is 3.19. The molecule has 0 bridgehead atoms. The van der Waals surface area contributed by atoms with Crippen LogP contribution in [-0.2, 0) is 6.42 Å². The zero-order valence-corrected chi connectivity index (χ0v) is 12.7. The van der Waals surface area contributed by atoms with E-state index in [2.05, 4.69) is 25.8 Å². The van der Waals surface area contributed by atoms with Gasteiger partial charge in [-0.2, -0.15) is 0 Å². The first-order chi connectivity index (χ1) is 9.44. The number of likely N-dealkylation sites (N-methyl/N-ethyl adjacent to an activating group) is 1. The molecule has 1 aromatic rings. The van der Waals surface area contributed by atoms with E-state index in [9.17, 15) is 4.79 Å². The van der Waals surface area contributed by atoms with Gasteiger partial charge in [0.15, 0.2) is 0 Å². The van der Waals surface area contributed by atoms with Gasteiger partial charge in [0, 0.05) is 30.7 Å². The molecule has 1 aliphatic heterocycles. The molecule has 0 saturated carbocycles. The summed E-state index contributed by atoms with van der Waals surface area (Å²) in [5.74, 6) is 0.130. The van der Waals surface area contributed by atoms with Gasteiger partial charge >= 0.3 is 0 Å². The van der Waals surface area contributed by atoms with Crippen LogP contribution in [0.5, 0.6) is 0 Å². The third-order valence-electron chi connectivity index (χ3n) is 4.21. The van der Waals surface area contributed by atoms with Crippen LogP contribution in [-0.4, -0.2) is 54.5 Å². The highest BCUT2D eigenvalue weighted by Crippen LogP contribution is 2.20. The first-order valence-electron chi connectivity index (χ1n) is 7.23. The Morgan fingerprint density at radius 2 is 2.10 bits per heavy atom. The summed E-state index contributed by atoms with van der Waals surface area (Å²) >= 11 is 0. The van der Waals surface area contributed by atoms with Crippen molar-refractivity contribution in [3.8, 4) is 0 Å². The van der Waals surface area contributed by atoms with Gasteiger partial charge in [-0.1, -0.05) is 12.1 Å². The highest BCUT2D eigenvalue weighted by molar-refractivity contribution is 5.94. The summed E-state index contributed by atoms with van der Waals surface area (Å²) in [5, 5.41) is 0. The van der Waals surface area contributed by atoms with E-state index in [1.807, 2.05) is 29.2 Å². The van der Waals surface area contributed by atoms with Crippen molar-refractivity contribution in [2.75, 3.05) is 33.2 Å². The van der Waals surface area contributed by atoms with E-state index in [0.717, 1.165) is 37.2 Å². The molecule has 1 fully saturated rings. The number of hydrogen-bond donors (Lipinski definition) is 1. The Kier molecular flexibility index (Phi) is 4.45. The minimum absolute atomic E-state index is 0.0305. The highest BCUT2D eigenvalue weighted by atomic mass is 16.2. The van der Waals surface area contributed by atoms with Gasteiger partial charge in [-0.05, 0) is 51.6 Å². The van der Waals surface area contributed by atoms with Crippen LogP contribution in [0.15, 0.2) is 24.3 Å². The zero-order chi connectivity index (χ0) is 14.8. The number of piperazine rings is 1. The van der Waals surface area contributed by atoms with Gasteiger partial charge in [0.25, 0.3) is 5.91 Å². The lowest BCUT2D eigenvalue weighted by Crippen LogP contribution is -2.58. The first kappa shape index (κ1) is 15.0. The van der Waals surface area contributed by atoms with E-state index >= 15 is 0 Å². The molecular formula is C16H25N3O. The predicted octanol–water partition coefficient (Wildman–Crippen LogP) is 1.35. The number of rotatable bonds is 3. The summed E-state index contributed by atoms with van der Waals surface area (Å²) in [6.45, 7) is 7.44. The molecule has 2 rings (SSSR count). The van der Waals surface area contributed by atoms with Crippen molar-refractivity contribution >= 4 is 5.91 Å². The Balaban J connectivity index is 2.13. The second-order valence-corrected chi connectivity index (χ2v) is 6.20. The normalized spacial score (nSPS) is 19.1. The van der Waals surface area contributed by atoms with Crippen molar-refractivity contribution in [3.05, 3.63) is 35.4 Å². The molecule has 0 atom stereocenters. The molecule has 20 heavy (non-hydrogen) atoms. The summed E-state index contributed by atoms with van der Waals surface area (Å²) in [7, 11) is 2.11. The minimum atomic E-state index is 0.0305. The number of amides is 1. The quantitative estimate of drug-likeness (QED) is 0.906. The monoisotopic (exact) mass is 275 g/mol. The van der Waals surface area contributed by atoms with E-state index in [0.29, 0.717) is 6.54 Å². The smallest absolute Gasteiger partial charge is 0.253 e. The Bertz CT molecular complexity index is 484. The fourth-order valence-electron chi connectivity index (χ4n) is 2.62. The number of hydrogen-bond acceptors (Lipinski definition) is 3. The molecule has 1 amide bonds. The lowest BCUT2D eigenvalue weighted by atomic mass is 9.98. The summed E-state index contributed by atoms with van der Waals surface area (Å²) in [4.78, 5) is 16.9. The molecule has 0 aliphatic carbocycles. The van der Waals surface area contributed by atoms with E-state index in [1.54, 1.807) is 0 Å². The van der Waals surface area contributed by atoms with Gasteiger partial charge in [-0.3, -0.25) is 9.69 Å². The Labute approximate surface area is 121 Å². The molecule has 2 N–H and O–H groups in total. The van der Waals surface area contributed by atoms with E-state index in [1.165, 1.54) is 0 Å². The van der Waals surface area contributed by atoms with Crippen LogP contribution in [0.2, 0.25) is 0 Å². The number of carbonyl (C=O) groups excluding carboxylic acids is 1. The topological polar surface area (TPSA) is 49.6 Å². The Morgan fingerprint density at radius 1 is 1.35 bits per heavy atom.